The number of carboxylic acids is 1. The second-order valence-corrected chi connectivity index (χ2v) is 3.02. The van der Waals surface area contributed by atoms with Gasteiger partial charge in [-0.05, 0) is 18.2 Å². The van der Waals surface area contributed by atoms with Crippen LogP contribution in [-0.2, 0) is 9.63 Å². The first-order valence-corrected chi connectivity index (χ1v) is 4.30. The van der Waals surface area contributed by atoms with Crippen LogP contribution in [0.5, 0.6) is 0 Å². The molecule has 1 rings (SSSR count). The number of benzene rings is 1. The molecule has 15 heavy (non-hydrogen) atoms. The van der Waals surface area contributed by atoms with Gasteiger partial charge in [0.1, 0.15) is 6.07 Å². The number of nitrogens with one attached hydrogen (secondary N) is 1. The van der Waals surface area contributed by atoms with Gasteiger partial charge in [-0.2, -0.15) is 5.26 Å². The van der Waals surface area contributed by atoms with E-state index >= 15 is 0 Å². The third-order valence-electron chi connectivity index (χ3n) is 1.48. The lowest BCUT2D eigenvalue weighted by molar-refractivity contribution is -0.141. The summed E-state index contributed by atoms with van der Waals surface area (Å²) < 4.78 is 0. The van der Waals surface area contributed by atoms with Gasteiger partial charge in [-0.3, -0.25) is 10.3 Å². The molecule has 5 nitrogen and oxygen atoms in total. The monoisotopic (exact) mass is 226 g/mol. The minimum absolute atomic E-state index is 0.285. The number of anilines is 1. The zero-order chi connectivity index (χ0) is 11.3. The summed E-state index contributed by atoms with van der Waals surface area (Å²) >= 11 is 5.67. The van der Waals surface area contributed by atoms with E-state index in [0.29, 0.717) is 10.7 Å². The van der Waals surface area contributed by atoms with E-state index in [9.17, 15) is 4.79 Å². The van der Waals surface area contributed by atoms with Crippen molar-refractivity contribution in [1.29, 1.82) is 5.26 Å². The minimum Gasteiger partial charge on any atom is -0.479 e. The van der Waals surface area contributed by atoms with Gasteiger partial charge in [0.15, 0.2) is 6.61 Å². The predicted molar refractivity (Wildman–Crippen MR) is 53.4 cm³/mol. The minimum atomic E-state index is -1.10. The lowest BCUT2D eigenvalue weighted by Crippen LogP contribution is -2.11. The van der Waals surface area contributed by atoms with Crippen LogP contribution in [-0.4, -0.2) is 17.7 Å². The number of hydrogen-bond acceptors (Lipinski definition) is 4. The van der Waals surface area contributed by atoms with Crippen molar-refractivity contribution in [2.75, 3.05) is 12.1 Å². The third kappa shape index (κ3) is 3.46. The van der Waals surface area contributed by atoms with Gasteiger partial charge >= 0.3 is 5.97 Å². The van der Waals surface area contributed by atoms with Crippen molar-refractivity contribution < 1.29 is 14.7 Å². The Kier molecular flexibility index (Phi) is 3.92. The van der Waals surface area contributed by atoms with Gasteiger partial charge in [0.2, 0.25) is 0 Å². The molecule has 78 valence electrons. The van der Waals surface area contributed by atoms with E-state index in [1.54, 1.807) is 6.07 Å². The smallest absolute Gasteiger partial charge is 0.332 e. The highest BCUT2D eigenvalue weighted by molar-refractivity contribution is 6.30. The molecule has 0 saturated carbocycles. The van der Waals surface area contributed by atoms with Crippen LogP contribution in [0.3, 0.4) is 0 Å². The quantitative estimate of drug-likeness (QED) is 0.763. The largest absolute Gasteiger partial charge is 0.479 e. The number of rotatable bonds is 4. The number of halogens is 1. The van der Waals surface area contributed by atoms with Crippen molar-refractivity contribution in [2.24, 2.45) is 0 Å². The van der Waals surface area contributed by atoms with Crippen LogP contribution in [0.25, 0.3) is 0 Å². The van der Waals surface area contributed by atoms with E-state index < -0.39 is 12.6 Å². The Morgan fingerprint density at radius 1 is 1.67 bits per heavy atom. The molecule has 0 atom stereocenters. The van der Waals surface area contributed by atoms with E-state index in [1.807, 2.05) is 6.07 Å². The van der Waals surface area contributed by atoms with Crippen LogP contribution in [0.1, 0.15) is 5.56 Å². The first-order chi connectivity index (χ1) is 7.13. The molecule has 0 amide bonds. The summed E-state index contributed by atoms with van der Waals surface area (Å²) in [5.41, 5.74) is 3.02. The van der Waals surface area contributed by atoms with Crippen molar-refractivity contribution in [3.8, 4) is 6.07 Å². The molecular weight excluding hydrogens is 220 g/mol. The Balaban J connectivity index is 2.69. The van der Waals surface area contributed by atoms with Crippen molar-refractivity contribution >= 4 is 23.3 Å². The second-order valence-electron chi connectivity index (χ2n) is 2.59. The topological polar surface area (TPSA) is 82.3 Å². The van der Waals surface area contributed by atoms with Crippen molar-refractivity contribution in [3.05, 3.63) is 28.8 Å². The molecule has 0 aliphatic rings. The Bertz CT molecular complexity index is 414. The molecule has 0 spiro atoms. The Hall–Kier alpha value is -1.77. The first kappa shape index (κ1) is 11.3. The fraction of sp³-hybridized carbons (Fsp3) is 0.111. The van der Waals surface area contributed by atoms with Crippen LogP contribution in [0.2, 0.25) is 5.02 Å². The van der Waals surface area contributed by atoms with Gasteiger partial charge in [0, 0.05) is 5.02 Å². The van der Waals surface area contributed by atoms with E-state index in [4.69, 9.17) is 22.0 Å². The maximum Gasteiger partial charge on any atom is 0.332 e. The standard InChI is InChI=1S/C9H7ClN2O3/c10-7-1-2-8(6(3-7)4-11)12-15-5-9(13)14/h1-3,12H,5H2,(H,13,14). The molecule has 2 N–H and O–H groups in total. The van der Waals surface area contributed by atoms with Gasteiger partial charge < -0.3 is 5.11 Å². The van der Waals surface area contributed by atoms with E-state index in [2.05, 4.69) is 10.3 Å². The lowest BCUT2D eigenvalue weighted by atomic mass is 10.2. The maximum atomic E-state index is 10.1. The van der Waals surface area contributed by atoms with Crippen molar-refractivity contribution in [3.63, 3.8) is 0 Å². The van der Waals surface area contributed by atoms with Gasteiger partial charge in [-0.15, -0.1) is 0 Å². The zero-order valence-corrected chi connectivity index (χ0v) is 8.28. The fourth-order valence-corrected chi connectivity index (χ4v) is 1.05. The summed E-state index contributed by atoms with van der Waals surface area (Å²) in [6, 6.07) is 6.45. The molecule has 0 fully saturated rings. The SMILES string of the molecule is N#Cc1cc(Cl)ccc1NOCC(=O)O. The van der Waals surface area contributed by atoms with Crippen LogP contribution in [0.4, 0.5) is 5.69 Å². The summed E-state index contributed by atoms with van der Waals surface area (Å²) in [5, 5.41) is 17.5. The van der Waals surface area contributed by atoms with Crippen LogP contribution in [0.15, 0.2) is 18.2 Å². The van der Waals surface area contributed by atoms with Crippen molar-refractivity contribution in [2.45, 2.75) is 0 Å². The van der Waals surface area contributed by atoms with Gasteiger partial charge in [0.05, 0.1) is 11.3 Å². The fourth-order valence-electron chi connectivity index (χ4n) is 0.874. The Morgan fingerprint density at radius 3 is 3.00 bits per heavy atom. The number of carboxylic acid groups (broad SMARTS) is 1. The second kappa shape index (κ2) is 5.20. The summed E-state index contributed by atoms with van der Waals surface area (Å²) in [5.74, 6) is -1.10. The van der Waals surface area contributed by atoms with Gasteiger partial charge in [0.25, 0.3) is 0 Å². The third-order valence-corrected chi connectivity index (χ3v) is 1.71. The highest BCUT2D eigenvalue weighted by atomic mass is 35.5. The van der Waals surface area contributed by atoms with E-state index in [1.165, 1.54) is 12.1 Å². The number of aliphatic carboxylic acids is 1. The molecule has 0 unspecified atom stereocenters. The highest BCUT2D eigenvalue weighted by Gasteiger charge is 2.03. The number of nitrogens with zero attached hydrogens (tertiary/aromatic N) is 1. The number of hydrogen-bond donors (Lipinski definition) is 2. The molecule has 0 aliphatic carbocycles. The molecule has 6 heteroatoms. The molecular formula is C9H7ClN2O3. The summed E-state index contributed by atoms with van der Waals surface area (Å²) in [6.45, 7) is -0.493. The highest BCUT2D eigenvalue weighted by Crippen LogP contribution is 2.19. The molecule has 0 aromatic heterocycles. The predicted octanol–water partition coefficient (Wildman–Crippen LogP) is 1.64. The average molecular weight is 227 g/mol. The number of nitriles is 1. The number of carbonyl (C=O) groups is 1. The Labute approximate surface area is 90.8 Å². The zero-order valence-electron chi connectivity index (χ0n) is 7.53. The summed E-state index contributed by atoms with van der Waals surface area (Å²) in [6.07, 6.45) is 0. The maximum absolute atomic E-state index is 10.1. The van der Waals surface area contributed by atoms with Crippen LogP contribution in [0, 0.1) is 11.3 Å². The molecule has 0 aliphatic heterocycles. The summed E-state index contributed by atoms with van der Waals surface area (Å²) in [4.78, 5) is 14.8. The molecule has 0 saturated heterocycles. The van der Waals surface area contributed by atoms with Crippen LogP contribution < -0.4 is 5.48 Å². The van der Waals surface area contributed by atoms with Crippen molar-refractivity contribution in [1.82, 2.24) is 0 Å². The van der Waals surface area contributed by atoms with Gasteiger partial charge in [-0.1, -0.05) is 11.6 Å². The van der Waals surface area contributed by atoms with E-state index in [0.717, 1.165) is 0 Å². The van der Waals surface area contributed by atoms with E-state index in [-0.39, 0.29) is 5.56 Å². The average Bonchev–Trinajstić information content (AvgIpc) is 2.19. The molecule has 0 radical (unpaired) electrons. The summed E-state index contributed by atoms with van der Waals surface area (Å²) in [7, 11) is 0. The molecule has 1 aromatic rings. The molecule has 0 heterocycles. The first-order valence-electron chi connectivity index (χ1n) is 3.92. The van der Waals surface area contributed by atoms with Crippen LogP contribution >= 0.6 is 11.6 Å². The van der Waals surface area contributed by atoms with Gasteiger partial charge in [-0.25, -0.2) is 4.79 Å². The molecule has 1 aromatic carbocycles. The lowest BCUT2D eigenvalue weighted by Gasteiger charge is -2.06. The Morgan fingerprint density at radius 2 is 2.40 bits per heavy atom. The molecule has 0 bridgehead atoms. The normalized spacial score (nSPS) is 9.33.